The standard InChI is InChI=1S/C15H17ClN4O4/c1-8(7-19-10(3)14(16)9(2)18-19)15(22)17-12-6-11(20(23)24)4-5-13(12)21/h4-6,8,21H,7H2,1-3H3,(H,17,22). The number of nitrogens with zero attached hydrogens (tertiary/aromatic N) is 3. The second kappa shape index (κ2) is 6.88. The first-order chi connectivity index (χ1) is 11.2. The smallest absolute Gasteiger partial charge is 0.271 e. The third kappa shape index (κ3) is 3.65. The van der Waals surface area contributed by atoms with Gasteiger partial charge in [-0.1, -0.05) is 18.5 Å². The number of aromatic nitrogens is 2. The van der Waals surface area contributed by atoms with Crippen molar-refractivity contribution in [2.75, 3.05) is 5.32 Å². The van der Waals surface area contributed by atoms with Crippen LogP contribution in [0.4, 0.5) is 11.4 Å². The minimum atomic E-state index is -0.601. The highest BCUT2D eigenvalue weighted by molar-refractivity contribution is 6.31. The Kier molecular flexibility index (Phi) is 5.08. The summed E-state index contributed by atoms with van der Waals surface area (Å²) in [6.07, 6.45) is 0. The molecule has 8 nitrogen and oxygen atoms in total. The van der Waals surface area contributed by atoms with Crippen LogP contribution in [0.3, 0.4) is 0 Å². The molecule has 9 heteroatoms. The maximum Gasteiger partial charge on any atom is 0.271 e. The van der Waals surface area contributed by atoms with Gasteiger partial charge in [0.1, 0.15) is 5.75 Å². The fourth-order valence-corrected chi connectivity index (χ4v) is 2.32. The lowest BCUT2D eigenvalue weighted by molar-refractivity contribution is -0.384. The number of rotatable bonds is 5. The van der Waals surface area contributed by atoms with Gasteiger partial charge in [0.25, 0.3) is 5.69 Å². The summed E-state index contributed by atoms with van der Waals surface area (Å²) in [5, 5.41) is 27.8. The Morgan fingerprint density at radius 1 is 1.50 bits per heavy atom. The van der Waals surface area contributed by atoms with Crippen LogP contribution >= 0.6 is 11.6 Å². The predicted octanol–water partition coefficient (Wildman–Crippen LogP) is 3.04. The molecule has 1 aromatic carbocycles. The van der Waals surface area contributed by atoms with Crippen LogP contribution in [0.25, 0.3) is 0 Å². The van der Waals surface area contributed by atoms with E-state index in [2.05, 4.69) is 10.4 Å². The number of halogens is 1. The number of nitrogens with one attached hydrogen (secondary N) is 1. The van der Waals surface area contributed by atoms with Gasteiger partial charge in [-0.15, -0.1) is 0 Å². The molecule has 0 bridgehead atoms. The summed E-state index contributed by atoms with van der Waals surface area (Å²) in [5.41, 5.74) is 1.21. The monoisotopic (exact) mass is 352 g/mol. The zero-order chi connectivity index (χ0) is 18.0. The van der Waals surface area contributed by atoms with E-state index in [-0.39, 0.29) is 17.1 Å². The molecule has 0 aliphatic carbocycles. The Morgan fingerprint density at radius 2 is 2.17 bits per heavy atom. The molecular formula is C15H17ClN4O4. The van der Waals surface area contributed by atoms with Crippen LogP contribution in [-0.4, -0.2) is 25.7 Å². The lowest BCUT2D eigenvalue weighted by atomic mass is 10.1. The number of hydrogen-bond acceptors (Lipinski definition) is 5. The zero-order valence-electron chi connectivity index (χ0n) is 13.4. The fraction of sp³-hybridized carbons (Fsp3) is 0.333. The van der Waals surface area contributed by atoms with Crippen molar-refractivity contribution in [2.24, 2.45) is 5.92 Å². The Labute approximate surface area is 143 Å². The van der Waals surface area contributed by atoms with Gasteiger partial charge in [0, 0.05) is 12.1 Å². The van der Waals surface area contributed by atoms with E-state index in [9.17, 15) is 20.0 Å². The van der Waals surface area contributed by atoms with Crippen LogP contribution in [0.15, 0.2) is 18.2 Å². The molecule has 2 rings (SSSR count). The summed E-state index contributed by atoms with van der Waals surface area (Å²) in [6, 6.07) is 3.44. The summed E-state index contributed by atoms with van der Waals surface area (Å²) < 4.78 is 1.63. The number of benzene rings is 1. The predicted molar refractivity (Wildman–Crippen MR) is 89.3 cm³/mol. The summed E-state index contributed by atoms with van der Waals surface area (Å²) in [5.74, 6) is -1.12. The number of aromatic hydroxyl groups is 1. The number of aryl methyl sites for hydroxylation is 1. The molecule has 0 radical (unpaired) electrons. The lowest BCUT2D eigenvalue weighted by Gasteiger charge is -2.14. The van der Waals surface area contributed by atoms with Gasteiger partial charge in [-0.25, -0.2) is 0 Å². The highest BCUT2D eigenvalue weighted by atomic mass is 35.5. The van der Waals surface area contributed by atoms with E-state index in [4.69, 9.17) is 11.6 Å². The molecule has 2 N–H and O–H groups in total. The molecule has 0 fully saturated rings. The number of phenols is 1. The average Bonchev–Trinajstić information content (AvgIpc) is 2.76. The van der Waals surface area contributed by atoms with E-state index < -0.39 is 16.7 Å². The first kappa shape index (κ1) is 17.7. The van der Waals surface area contributed by atoms with Gasteiger partial charge < -0.3 is 10.4 Å². The molecule has 0 saturated carbocycles. The van der Waals surface area contributed by atoms with Crippen molar-refractivity contribution in [3.63, 3.8) is 0 Å². The fourth-order valence-electron chi connectivity index (χ4n) is 2.19. The van der Waals surface area contributed by atoms with Crippen molar-refractivity contribution < 1.29 is 14.8 Å². The molecular weight excluding hydrogens is 336 g/mol. The number of anilines is 1. The van der Waals surface area contributed by atoms with Gasteiger partial charge in [-0.3, -0.25) is 19.6 Å². The number of nitro groups is 1. The summed E-state index contributed by atoms with van der Waals surface area (Å²) in [4.78, 5) is 22.5. The quantitative estimate of drug-likeness (QED) is 0.488. The number of amides is 1. The summed E-state index contributed by atoms with van der Waals surface area (Å²) >= 11 is 6.08. The van der Waals surface area contributed by atoms with Crippen LogP contribution in [0.2, 0.25) is 5.02 Å². The molecule has 24 heavy (non-hydrogen) atoms. The van der Waals surface area contributed by atoms with Gasteiger partial charge in [-0.2, -0.15) is 5.10 Å². The molecule has 2 aromatic rings. The third-order valence-electron chi connectivity index (χ3n) is 3.64. The molecule has 1 atom stereocenters. The van der Waals surface area contributed by atoms with Crippen LogP contribution < -0.4 is 5.32 Å². The maximum atomic E-state index is 12.3. The van der Waals surface area contributed by atoms with Crippen molar-refractivity contribution in [3.8, 4) is 5.75 Å². The van der Waals surface area contributed by atoms with Crippen molar-refractivity contribution >= 4 is 28.9 Å². The van der Waals surface area contributed by atoms with E-state index in [0.29, 0.717) is 17.3 Å². The number of hydrogen-bond donors (Lipinski definition) is 2. The van der Waals surface area contributed by atoms with Crippen LogP contribution in [-0.2, 0) is 11.3 Å². The zero-order valence-corrected chi connectivity index (χ0v) is 14.2. The van der Waals surface area contributed by atoms with Crippen molar-refractivity contribution in [3.05, 3.63) is 44.7 Å². The SMILES string of the molecule is Cc1nn(CC(C)C(=O)Nc2cc([N+](=O)[O-])ccc2O)c(C)c1Cl. The van der Waals surface area contributed by atoms with Crippen LogP contribution in [0, 0.1) is 29.9 Å². The number of phenolic OH excluding ortho intramolecular Hbond substituents is 1. The molecule has 128 valence electrons. The molecule has 1 unspecified atom stereocenters. The van der Waals surface area contributed by atoms with Gasteiger partial charge in [-0.05, 0) is 19.9 Å². The van der Waals surface area contributed by atoms with Gasteiger partial charge >= 0.3 is 0 Å². The van der Waals surface area contributed by atoms with Crippen LogP contribution in [0.5, 0.6) is 5.75 Å². The Balaban J connectivity index is 2.13. The van der Waals surface area contributed by atoms with E-state index >= 15 is 0 Å². The average molecular weight is 353 g/mol. The minimum absolute atomic E-state index is 0.00699. The second-order valence-electron chi connectivity index (χ2n) is 5.52. The lowest BCUT2D eigenvalue weighted by Crippen LogP contribution is -2.25. The van der Waals surface area contributed by atoms with Gasteiger partial charge in [0.15, 0.2) is 0 Å². The van der Waals surface area contributed by atoms with Crippen molar-refractivity contribution in [1.82, 2.24) is 9.78 Å². The van der Waals surface area contributed by atoms with Crippen molar-refractivity contribution in [1.29, 1.82) is 0 Å². The number of non-ortho nitro benzene ring substituents is 1. The first-order valence-electron chi connectivity index (χ1n) is 7.18. The number of carbonyl (C=O) groups is 1. The van der Waals surface area contributed by atoms with E-state index in [1.807, 2.05) is 0 Å². The third-order valence-corrected chi connectivity index (χ3v) is 4.18. The molecule has 0 saturated heterocycles. The number of nitro benzene ring substituents is 1. The summed E-state index contributed by atoms with van der Waals surface area (Å²) in [7, 11) is 0. The molecule has 0 spiro atoms. The Morgan fingerprint density at radius 3 is 2.71 bits per heavy atom. The molecule has 1 amide bonds. The van der Waals surface area contributed by atoms with E-state index in [0.717, 1.165) is 17.8 Å². The summed E-state index contributed by atoms with van der Waals surface area (Å²) in [6.45, 7) is 5.56. The topological polar surface area (TPSA) is 110 Å². The Hall–Kier alpha value is -2.61. The van der Waals surface area contributed by atoms with E-state index in [1.165, 1.54) is 6.07 Å². The number of carbonyl (C=O) groups excluding carboxylic acids is 1. The largest absolute Gasteiger partial charge is 0.506 e. The minimum Gasteiger partial charge on any atom is -0.506 e. The molecule has 1 heterocycles. The van der Waals surface area contributed by atoms with E-state index in [1.54, 1.807) is 25.5 Å². The second-order valence-corrected chi connectivity index (χ2v) is 5.89. The highest BCUT2D eigenvalue weighted by Crippen LogP contribution is 2.28. The Bertz CT molecular complexity index is 803. The maximum absolute atomic E-state index is 12.3. The highest BCUT2D eigenvalue weighted by Gasteiger charge is 2.19. The normalized spacial score (nSPS) is 12.0. The van der Waals surface area contributed by atoms with Gasteiger partial charge in [0.2, 0.25) is 5.91 Å². The van der Waals surface area contributed by atoms with Gasteiger partial charge in [0.05, 0.1) is 39.5 Å². The van der Waals surface area contributed by atoms with Crippen LogP contribution in [0.1, 0.15) is 18.3 Å². The molecule has 0 aliphatic rings. The van der Waals surface area contributed by atoms with Crippen molar-refractivity contribution in [2.45, 2.75) is 27.3 Å². The first-order valence-corrected chi connectivity index (χ1v) is 7.56. The molecule has 1 aromatic heterocycles. The molecule has 0 aliphatic heterocycles.